The van der Waals surface area contributed by atoms with E-state index < -0.39 is 12.0 Å². The number of nitrogens with zero attached hydrogens (tertiary/aromatic N) is 5. The molecule has 1 aromatic rings. The van der Waals surface area contributed by atoms with Crippen molar-refractivity contribution in [2.24, 2.45) is 0 Å². The van der Waals surface area contributed by atoms with E-state index in [9.17, 15) is 14.4 Å². The number of aromatic nitrogens is 3. The van der Waals surface area contributed by atoms with Crippen molar-refractivity contribution < 1.29 is 19.5 Å². The average molecular weight is 341 g/mol. The van der Waals surface area contributed by atoms with Gasteiger partial charge in [-0.1, -0.05) is 5.21 Å². The van der Waals surface area contributed by atoms with Crippen molar-refractivity contribution in [1.82, 2.24) is 24.8 Å². The van der Waals surface area contributed by atoms with Crippen molar-refractivity contribution >= 4 is 29.5 Å². The zero-order chi connectivity index (χ0) is 17.1. The van der Waals surface area contributed by atoms with Gasteiger partial charge in [-0.05, 0) is 13.8 Å². The molecule has 0 spiro atoms. The first kappa shape index (κ1) is 17.3. The van der Waals surface area contributed by atoms with Crippen LogP contribution < -0.4 is 0 Å². The zero-order valence-corrected chi connectivity index (χ0v) is 14.0. The van der Waals surface area contributed by atoms with E-state index in [0.717, 1.165) is 0 Å². The Labute approximate surface area is 137 Å². The Hall–Kier alpha value is -2.10. The Morgan fingerprint density at radius 2 is 2.17 bits per heavy atom. The Kier molecular flexibility index (Phi) is 5.24. The van der Waals surface area contributed by atoms with Crippen LogP contribution in [-0.2, 0) is 16.1 Å². The summed E-state index contributed by atoms with van der Waals surface area (Å²) in [6.07, 6.45) is 1.19. The van der Waals surface area contributed by atoms with Crippen LogP contribution in [0.1, 0.15) is 24.3 Å². The van der Waals surface area contributed by atoms with E-state index >= 15 is 0 Å². The average Bonchev–Trinajstić information content (AvgIpc) is 3.14. The second-order valence-electron chi connectivity index (χ2n) is 5.53. The van der Waals surface area contributed by atoms with E-state index in [4.69, 9.17) is 5.11 Å². The van der Waals surface area contributed by atoms with E-state index in [-0.39, 0.29) is 30.1 Å². The molecule has 23 heavy (non-hydrogen) atoms. The number of aromatic carboxylic acids is 1. The summed E-state index contributed by atoms with van der Waals surface area (Å²) in [7, 11) is 1.72. The second kappa shape index (κ2) is 6.99. The van der Waals surface area contributed by atoms with Gasteiger partial charge in [0.05, 0.1) is 12.1 Å². The molecule has 1 fully saturated rings. The molecular formula is C13H19N5O4S. The maximum atomic E-state index is 12.5. The maximum absolute atomic E-state index is 12.5. The lowest BCUT2D eigenvalue weighted by atomic mass is 10.2. The number of carboxylic acid groups (broad SMARTS) is 1. The normalized spacial score (nSPS) is 17.6. The summed E-state index contributed by atoms with van der Waals surface area (Å²) < 4.78 is 1.17. The van der Waals surface area contributed by atoms with Gasteiger partial charge in [-0.25, -0.2) is 9.48 Å². The third kappa shape index (κ3) is 3.81. The largest absolute Gasteiger partial charge is 0.476 e. The number of likely N-dealkylation sites (N-methyl/N-ethyl adjacent to an activating group) is 1. The molecule has 0 saturated carbocycles. The van der Waals surface area contributed by atoms with Crippen molar-refractivity contribution in [3.05, 3.63) is 11.9 Å². The van der Waals surface area contributed by atoms with E-state index in [0.29, 0.717) is 11.6 Å². The highest BCUT2D eigenvalue weighted by Crippen LogP contribution is 2.23. The third-order valence-electron chi connectivity index (χ3n) is 3.66. The van der Waals surface area contributed by atoms with Crippen LogP contribution in [0.2, 0.25) is 0 Å². The summed E-state index contributed by atoms with van der Waals surface area (Å²) in [5.41, 5.74) is -0.222. The minimum absolute atomic E-state index is 0.0542. The molecule has 1 unspecified atom stereocenters. The van der Waals surface area contributed by atoms with Gasteiger partial charge in [0.1, 0.15) is 12.6 Å². The number of rotatable bonds is 5. The van der Waals surface area contributed by atoms with Gasteiger partial charge in [-0.2, -0.15) is 0 Å². The van der Waals surface area contributed by atoms with Crippen LogP contribution in [0.5, 0.6) is 0 Å². The van der Waals surface area contributed by atoms with Gasteiger partial charge in [0.25, 0.3) is 0 Å². The molecule has 1 saturated heterocycles. The summed E-state index contributed by atoms with van der Waals surface area (Å²) in [4.78, 5) is 38.8. The second-order valence-corrected chi connectivity index (χ2v) is 6.53. The SMILES string of the molecule is CC(C)N(C)C(=O)C1CSCN1C(=O)Cn1cc(C(=O)O)nn1. The minimum atomic E-state index is -1.20. The first-order chi connectivity index (χ1) is 10.8. The topological polar surface area (TPSA) is 109 Å². The summed E-state index contributed by atoms with van der Waals surface area (Å²) in [5, 5.41) is 15.9. The first-order valence-corrected chi connectivity index (χ1v) is 8.24. The van der Waals surface area contributed by atoms with Crippen molar-refractivity contribution in [3.63, 3.8) is 0 Å². The fourth-order valence-electron chi connectivity index (χ4n) is 2.09. The number of hydrogen-bond acceptors (Lipinski definition) is 6. The summed E-state index contributed by atoms with van der Waals surface area (Å²) in [5.74, 6) is -0.594. The lowest BCUT2D eigenvalue weighted by molar-refractivity contribution is -0.143. The van der Waals surface area contributed by atoms with Crippen molar-refractivity contribution in [2.45, 2.75) is 32.5 Å². The summed E-state index contributed by atoms with van der Waals surface area (Å²) in [6.45, 7) is 3.68. The van der Waals surface area contributed by atoms with E-state index in [1.807, 2.05) is 13.8 Å². The Bertz CT molecular complexity index is 617. The zero-order valence-electron chi connectivity index (χ0n) is 13.2. The van der Waals surface area contributed by atoms with Gasteiger partial charge >= 0.3 is 5.97 Å². The molecule has 0 aromatic carbocycles. The molecule has 0 radical (unpaired) electrons. The smallest absolute Gasteiger partial charge is 0.358 e. The minimum Gasteiger partial charge on any atom is -0.476 e. The molecule has 10 heteroatoms. The summed E-state index contributed by atoms with van der Waals surface area (Å²) >= 11 is 1.51. The third-order valence-corrected chi connectivity index (χ3v) is 4.68. The Morgan fingerprint density at radius 1 is 1.48 bits per heavy atom. The molecule has 2 rings (SSSR count). The Balaban J connectivity index is 2.05. The molecule has 1 N–H and O–H groups in total. The van der Waals surface area contributed by atoms with Crippen LogP contribution in [0.4, 0.5) is 0 Å². The standard InChI is InChI=1S/C13H19N5O4S/c1-8(2)16(3)12(20)10-6-23-7-18(10)11(19)5-17-4-9(13(21)22)14-15-17/h4,8,10H,5-7H2,1-3H3,(H,21,22). The van der Waals surface area contributed by atoms with Gasteiger partial charge in [-0.3, -0.25) is 9.59 Å². The number of amides is 2. The van der Waals surface area contributed by atoms with Crippen LogP contribution in [0.25, 0.3) is 0 Å². The number of carbonyl (C=O) groups is 3. The van der Waals surface area contributed by atoms with Crippen molar-refractivity contribution in [3.8, 4) is 0 Å². The van der Waals surface area contributed by atoms with Gasteiger partial charge in [-0.15, -0.1) is 16.9 Å². The van der Waals surface area contributed by atoms with Crippen LogP contribution in [0, 0.1) is 0 Å². The molecule has 0 bridgehead atoms. The van der Waals surface area contributed by atoms with E-state index in [1.165, 1.54) is 27.5 Å². The van der Waals surface area contributed by atoms with Crippen LogP contribution in [-0.4, -0.2) is 78.4 Å². The molecule has 1 aliphatic rings. The Morgan fingerprint density at radius 3 is 2.74 bits per heavy atom. The number of carboxylic acids is 1. The fourth-order valence-corrected chi connectivity index (χ4v) is 3.26. The number of thioether (sulfide) groups is 1. The van der Waals surface area contributed by atoms with Crippen molar-refractivity contribution in [1.29, 1.82) is 0 Å². The quantitative estimate of drug-likeness (QED) is 0.786. The lowest BCUT2D eigenvalue weighted by Crippen LogP contribution is -2.50. The van der Waals surface area contributed by atoms with Gasteiger partial charge in [0.2, 0.25) is 11.8 Å². The van der Waals surface area contributed by atoms with Gasteiger partial charge < -0.3 is 14.9 Å². The highest BCUT2D eigenvalue weighted by Gasteiger charge is 2.36. The first-order valence-electron chi connectivity index (χ1n) is 7.08. The monoisotopic (exact) mass is 341 g/mol. The van der Waals surface area contributed by atoms with Crippen molar-refractivity contribution in [2.75, 3.05) is 18.7 Å². The van der Waals surface area contributed by atoms with Crippen LogP contribution in [0.15, 0.2) is 6.20 Å². The van der Waals surface area contributed by atoms with Crippen LogP contribution >= 0.6 is 11.8 Å². The molecule has 9 nitrogen and oxygen atoms in total. The predicted molar refractivity (Wildman–Crippen MR) is 82.8 cm³/mol. The fraction of sp³-hybridized carbons (Fsp3) is 0.615. The molecule has 126 valence electrons. The lowest BCUT2D eigenvalue weighted by Gasteiger charge is -2.29. The predicted octanol–water partition coefficient (Wildman–Crippen LogP) is -0.255. The van der Waals surface area contributed by atoms with Gasteiger partial charge in [0, 0.05) is 18.8 Å². The van der Waals surface area contributed by atoms with Crippen LogP contribution in [0.3, 0.4) is 0 Å². The number of hydrogen-bond donors (Lipinski definition) is 1. The highest BCUT2D eigenvalue weighted by atomic mass is 32.2. The molecule has 1 atom stereocenters. The molecular weight excluding hydrogens is 322 g/mol. The van der Waals surface area contributed by atoms with E-state index in [1.54, 1.807) is 11.9 Å². The summed E-state index contributed by atoms with van der Waals surface area (Å²) in [6, 6.07) is -0.444. The highest BCUT2D eigenvalue weighted by molar-refractivity contribution is 7.99. The molecule has 1 aliphatic heterocycles. The molecule has 2 heterocycles. The van der Waals surface area contributed by atoms with E-state index in [2.05, 4.69) is 10.3 Å². The molecule has 1 aromatic heterocycles. The molecule has 2 amide bonds. The number of carbonyl (C=O) groups excluding carboxylic acids is 2. The van der Waals surface area contributed by atoms with Gasteiger partial charge in [0.15, 0.2) is 5.69 Å². The maximum Gasteiger partial charge on any atom is 0.358 e. The molecule has 0 aliphatic carbocycles.